The number of fused-ring (bicyclic) bond motifs is 6. The van der Waals surface area contributed by atoms with Crippen LogP contribution in [-0.2, 0) is 21.4 Å². The number of hydrogen-bond donors (Lipinski definition) is 1. The van der Waals surface area contributed by atoms with Crippen LogP contribution in [0.2, 0.25) is 0 Å². The number of amides is 3. The molecule has 6 aromatic rings. The molecule has 17 nitrogen and oxygen atoms in total. The number of anilines is 1. The zero-order valence-electron chi connectivity index (χ0n) is 45.0. The molecule has 7 aliphatic heterocycles. The molecule has 0 aliphatic carbocycles. The lowest BCUT2D eigenvalue weighted by Gasteiger charge is -2.38. The number of carbonyl (C=O) groups excluding carboxylic acids is 3. The van der Waals surface area contributed by atoms with Gasteiger partial charge in [0.25, 0.3) is 5.91 Å². The number of imidazole rings is 1. The van der Waals surface area contributed by atoms with Crippen LogP contribution >= 0.6 is 0 Å². The van der Waals surface area contributed by atoms with Crippen molar-refractivity contribution in [3.05, 3.63) is 88.0 Å². The summed E-state index contributed by atoms with van der Waals surface area (Å²) < 4.78 is 48.3. The van der Waals surface area contributed by atoms with Gasteiger partial charge < -0.3 is 29.5 Å². The van der Waals surface area contributed by atoms with Crippen molar-refractivity contribution >= 4 is 56.4 Å². The van der Waals surface area contributed by atoms with Crippen molar-refractivity contribution in [1.82, 2.24) is 49.0 Å². The second-order valence-electron chi connectivity index (χ2n) is 23.4. The van der Waals surface area contributed by atoms with E-state index >= 15 is 8.78 Å². The van der Waals surface area contributed by atoms with Crippen molar-refractivity contribution in [3.63, 3.8) is 0 Å². The van der Waals surface area contributed by atoms with E-state index in [1.54, 1.807) is 40.6 Å². The molecule has 7 saturated heterocycles. The van der Waals surface area contributed by atoms with Gasteiger partial charge in [-0.05, 0) is 125 Å². The third-order valence-corrected chi connectivity index (χ3v) is 18.9. The maximum Gasteiger partial charge on any atom is 0.409 e. The first-order valence-electron chi connectivity index (χ1n) is 28.5. The minimum Gasteiger partial charge on any atom is -0.461 e. The number of aryl methyl sites for hydroxylation is 1. The van der Waals surface area contributed by atoms with E-state index in [9.17, 15) is 19.2 Å². The Morgan fingerprint density at radius 2 is 1.67 bits per heavy atom. The van der Waals surface area contributed by atoms with Gasteiger partial charge >= 0.3 is 17.8 Å². The lowest BCUT2D eigenvalue weighted by molar-refractivity contribution is -0.149. The number of para-hydroxylation sites is 1. The standard InChI is InChI=1S/C60H67F2N11O6/c1-4-42-46(61)15-12-38-8-5-10-44(50(38)42)52-51(62)53-45(30-63-52)55(71-32-39-13-14-40(33-71)64-39)66-57(65-53)79-35-60-23-7-25-72(60)41(18-24-60)34-78-59(77)70-28-19-36(20-29-70)31-69-26-21-37(22-27-69)43-9-6-11-47-54(43)68(3)58(76)73(47)48-16-17-49(74)67(2)56(48)75/h1,5-6,8-12,15,30,36-37,39-41,48,64H,7,13-14,16-29,31-35H2,2-3H3/t39?,40?,41-,48?,60-/m0/s1. The summed E-state index contributed by atoms with van der Waals surface area (Å²) in [4.78, 5) is 77.3. The predicted molar refractivity (Wildman–Crippen MR) is 295 cm³/mol. The van der Waals surface area contributed by atoms with Crippen LogP contribution in [0.15, 0.2) is 59.5 Å². The molecule has 0 saturated carbocycles. The van der Waals surface area contributed by atoms with Crippen molar-refractivity contribution in [1.29, 1.82) is 0 Å². The number of rotatable bonds is 11. The normalized spacial score (nSPS) is 25.3. The SMILES string of the molecule is C#Cc1c(F)ccc2cccc(-c3ncc4c(N5CC6CCC(C5)N6)nc(OC[C@@]56CCCN5[C@H](COC(=O)N5CCC(CN7CCC(c8cccc9c8n(C)c(=O)n9C8CCC(=O)N(C)C8=O)CC7)CC5)CC6)nc4c3F)c12. The van der Waals surface area contributed by atoms with Crippen LogP contribution < -0.4 is 20.6 Å². The number of benzene rings is 3. The van der Waals surface area contributed by atoms with Crippen LogP contribution in [-0.4, -0.2) is 158 Å². The van der Waals surface area contributed by atoms with Crippen LogP contribution in [0.25, 0.3) is 44.0 Å². The van der Waals surface area contributed by atoms with E-state index in [1.807, 2.05) is 23.1 Å². The summed E-state index contributed by atoms with van der Waals surface area (Å²) in [5.41, 5.74) is 2.70. The summed E-state index contributed by atoms with van der Waals surface area (Å²) in [6.45, 7) is 7.00. The molecule has 7 aliphatic rings. The van der Waals surface area contributed by atoms with E-state index in [4.69, 9.17) is 25.9 Å². The Labute approximate surface area is 457 Å². The average molecular weight is 1080 g/mol. The molecule has 13 rings (SSSR count). The smallest absolute Gasteiger partial charge is 0.409 e. The highest BCUT2D eigenvalue weighted by Gasteiger charge is 2.50. The highest BCUT2D eigenvalue weighted by atomic mass is 19.1. The highest BCUT2D eigenvalue weighted by Crippen LogP contribution is 2.44. The van der Waals surface area contributed by atoms with Gasteiger partial charge in [0.1, 0.15) is 42.1 Å². The fourth-order valence-electron chi connectivity index (χ4n) is 14.8. The van der Waals surface area contributed by atoms with Gasteiger partial charge in [0.05, 0.1) is 27.5 Å². The van der Waals surface area contributed by atoms with Crippen molar-refractivity contribution in [2.45, 2.75) is 113 Å². The number of halogens is 2. The lowest BCUT2D eigenvalue weighted by Crippen LogP contribution is -2.51. The maximum absolute atomic E-state index is 17.2. The molecule has 0 spiro atoms. The van der Waals surface area contributed by atoms with Crippen LogP contribution in [0.4, 0.5) is 19.4 Å². The first-order valence-corrected chi connectivity index (χ1v) is 28.5. The molecule has 3 aromatic heterocycles. The Morgan fingerprint density at radius 3 is 2.46 bits per heavy atom. The molecule has 3 amide bonds. The average Bonchev–Trinajstić information content (AvgIpc) is 4.44. The van der Waals surface area contributed by atoms with E-state index in [1.165, 1.54) is 13.1 Å². The summed E-state index contributed by atoms with van der Waals surface area (Å²) in [6.07, 6.45) is 17.1. The van der Waals surface area contributed by atoms with Crippen LogP contribution in [0.5, 0.6) is 6.01 Å². The number of nitrogens with one attached hydrogen (secondary N) is 1. The van der Waals surface area contributed by atoms with E-state index in [0.29, 0.717) is 91.4 Å². The van der Waals surface area contributed by atoms with Crippen molar-refractivity contribution in [2.24, 2.45) is 13.0 Å². The molecule has 19 heteroatoms. The third-order valence-electron chi connectivity index (χ3n) is 18.9. The molecule has 2 bridgehead atoms. The number of imide groups is 1. The number of terminal acetylenes is 1. The van der Waals surface area contributed by atoms with Gasteiger partial charge in [0.15, 0.2) is 5.82 Å². The summed E-state index contributed by atoms with van der Waals surface area (Å²) >= 11 is 0. The van der Waals surface area contributed by atoms with Crippen molar-refractivity contribution in [3.8, 4) is 29.6 Å². The minimum atomic E-state index is -0.698. The number of piperidine rings is 3. The Balaban J connectivity index is 0.631. The van der Waals surface area contributed by atoms with Gasteiger partial charge in [-0.15, -0.1) is 6.42 Å². The number of likely N-dealkylation sites (tertiary alicyclic amines) is 3. The monoisotopic (exact) mass is 1080 g/mol. The number of piperazine rings is 1. The molecular formula is C60H67F2N11O6. The Morgan fingerprint density at radius 1 is 0.886 bits per heavy atom. The fraction of sp³-hybridized carbons (Fsp3) is 0.517. The predicted octanol–water partition coefficient (Wildman–Crippen LogP) is 7.12. The number of hydrogen-bond acceptors (Lipinski definition) is 13. The van der Waals surface area contributed by atoms with Crippen LogP contribution in [0.3, 0.4) is 0 Å². The van der Waals surface area contributed by atoms with E-state index in [2.05, 4.69) is 37.0 Å². The Kier molecular flexibility index (Phi) is 13.4. The number of nitrogens with zero attached hydrogens (tertiary/aromatic N) is 10. The molecule has 5 atom stereocenters. The van der Waals surface area contributed by atoms with Gasteiger partial charge in [-0.3, -0.25) is 33.5 Å². The van der Waals surface area contributed by atoms with Gasteiger partial charge in [-0.25, -0.2) is 18.4 Å². The van der Waals surface area contributed by atoms with Crippen molar-refractivity contribution in [2.75, 3.05) is 77.5 Å². The second kappa shape index (κ2) is 20.6. The second-order valence-corrected chi connectivity index (χ2v) is 23.4. The molecule has 3 aromatic carbocycles. The van der Waals surface area contributed by atoms with Crippen LogP contribution in [0.1, 0.15) is 100 Å². The number of likely N-dealkylation sites (N-methyl/N-ethyl adjacent to an activating group) is 1. The maximum atomic E-state index is 17.2. The van der Waals surface area contributed by atoms with E-state index in [0.717, 1.165) is 112 Å². The van der Waals surface area contributed by atoms with E-state index in [-0.39, 0.29) is 70.3 Å². The van der Waals surface area contributed by atoms with E-state index < -0.39 is 17.7 Å². The molecular weight excluding hydrogens is 1010 g/mol. The fourth-order valence-corrected chi connectivity index (χ4v) is 14.8. The molecule has 3 unspecified atom stereocenters. The number of carbonyl (C=O) groups is 3. The largest absolute Gasteiger partial charge is 0.461 e. The highest BCUT2D eigenvalue weighted by molar-refractivity contribution is 6.02. The Bertz CT molecular complexity index is 3520. The summed E-state index contributed by atoms with van der Waals surface area (Å²) in [6, 6.07) is 14.3. The molecule has 79 heavy (non-hydrogen) atoms. The summed E-state index contributed by atoms with van der Waals surface area (Å²) in [5.74, 6) is 2.00. The van der Waals surface area contributed by atoms with Gasteiger partial charge in [0, 0.05) is 88.5 Å². The first-order chi connectivity index (χ1) is 38.4. The number of ether oxygens (including phenoxy) is 2. The molecule has 412 valence electrons. The molecule has 7 fully saturated rings. The number of aromatic nitrogens is 5. The van der Waals surface area contributed by atoms with Gasteiger partial charge in [-0.2, -0.15) is 9.97 Å². The first kappa shape index (κ1) is 51.4. The van der Waals surface area contributed by atoms with Gasteiger partial charge in [-0.1, -0.05) is 42.3 Å². The van der Waals surface area contributed by atoms with Crippen LogP contribution in [0, 0.1) is 29.9 Å². The molecule has 1 N–H and O–H groups in total. The quantitative estimate of drug-likeness (QED) is 0.103. The zero-order valence-corrected chi connectivity index (χ0v) is 45.0. The third kappa shape index (κ3) is 9.07. The lowest BCUT2D eigenvalue weighted by atomic mass is 9.87. The number of pyridine rings is 1. The topological polar surface area (TPSA) is 164 Å². The molecule has 0 radical (unpaired) electrons. The molecule has 10 heterocycles. The summed E-state index contributed by atoms with van der Waals surface area (Å²) in [5, 5.41) is 5.23. The Hall–Kier alpha value is -7.01. The minimum absolute atomic E-state index is 0.0168. The van der Waals surface area contributed by atoms with Gasteiger partial charge in [0.2, 0.25) is 5.91 Å². The zero-order chi connectivity index (χ0) is 54.3. The van der Waals surface area contributed by atoms with Crippen molar-refractivity contribution < 1.29 is 32.6 Å². The summed E-state index contributed by atoms with van der Waals surface area (Å²) in [7, 11) is 3.27.